The summed E-state index contributed by atoms with van der Waals surface area (Å²) in [6, 6.07) is -4.27. The fourth-order valence-corrected chi connectivity index (χ4v) is 3.16. The molecular weight excluding hydrogens is 430 g/mol. The number of carboxylic acids is 1. The highest BCUT2D eigenvalue weighted by atomic mass is 16.4. The molecule has 11 nitrogen and oxygen atoms in total. The first kappa shape index (κ1) is 30.8. The Morgan fingerprint density at radius 3 is 1.88 bits per heavy atom. The van der Waals surface area contributed by atoms with Crippen molar-refractivity contribution in [1.82, 2.24) is 16.0 Å². The zero-order valence-corrected chi connectivity index (χ0v) is 20.5. The summed E-state index contributed by atoms with van der Waals surface area (Å²) in [4.78, 5) is 49.7. The third kappa shape index (κ3) is 11.4. The number of carboxylic acid groups (broad SMARTS) is 1. The highest BCUT2D eigenvalue weighted by Gasteiger charge is 2.32. The highest BCUT2D eigenvalue weighted by molar-refractivity contribution is 5.94. The van der Waals surface area contributed by atoms with Crippen molar-refractivity contribution < 1.29 is 29.4 Å². The Labute approximate surface area is 196 Å². The van der Waals surface area contributed by atoms with Crippen LogP contribution in [-0.2, 0) is 19.2 Å². The van der Waals surface area contributed by atoms with E-state index in [1.54, 1.807) is 0 Å². The van der Waals surface area contributed by atoms with E-state index in [0.717, 1.165) is 0 Å². The smallest absolute Gasteiger partial charge is 0.328 e. The van der Waals surface area contributed by atoms with Gasteiger partial charge in [0.25, 0.3) is 0 Å². The number of carbonyl (C=O) groups is 4. The van der Waals surface area contributed by atoms with Crippen LogP contribution < -0.4 is 27.4 Å². The van der Waals surface area contributed by atoms with Crippen molar-refractivity contribution in [3.8, 4) is 0 Å². The van der Waals surface area contributed by atoms with E-state index in [1.165, 1.54) is 6.92 Å². The van der Waals surface area contributed by atoms with E-state index in [0.29, 0.717) is 32.2 Å². The van der Waals surface area contributed by atoms with E-state index in [9.17, 15) is 29.4 Å². The van der Waals surface area contributed by atoms with Gasteiger partial charge in [-0.05, 0) is 51.0 Å². The van der Waals surface area contributed by atoms with Gasteiger partial charge >= 0.3 is 5.97 Å². The lowest BCUT2D eigenvalue weighted by molar-refractivity contribution is -0.145. The van der Waals surface area contributed by atoms with Crippen LogP contribution in [0.1, 0.15) is 66.7 Å². The quantitative estimate of drug-likeness (QED) is 0.145. The monoisotopic (exact) mass is 473 g/mol. The molecule has 0 aliphatic carbocycles. The van der Waals surface area contributed by atoms with Crippen molar-refractivity contribution in [2.75, 3.05) is 6.54 Å². The Hall–Kier alpha value is -2.24. The molecule has 33 heavy (non-hydrogen) atoms. The number of amides is 3. The van der Waals surface area contributed by atoms with Gasteiger partial charge in [0.1, 0.15) is 12.1 Å². The van der Waals surface area contributed by atoms with Gasteiger partial charge in [-0.2, -0.15) is 0 Å². The summed E-state index contributed by atoms with van der Waals surface area (Å²) in [6.07, 6.45) is 1.04. The first-order valence-electron chi connectivity index (χ1n) is 11.6. The molecule has 11 heteroatoms. The summed E-state index contributed by atoms with van der Waals surface area (Å²) >= 11 is 0. The van der Waals surface area contributed by atoms with Gasteiger partial charge in [-0.1, -0.05) is 34.1 Å². The third-order valence-corrected chi connectivity index (χ3v) is 5.53. The van der Waals surface area contributed by atoms with E-state index in [2.05, 4.69) is 16.0 Å². The lowest BCUT2D eigenvalue weighted by Crippen LogP contribution is -2.58. The maximum Gasteiger partial charge on any atom is 0.328 e. The molecule has 0 saturated carbocycles. The SMILES string of the molecule is CCC(C)C(N)C(=O)NC(CC(C)C)C(=O)NC(CCCCN)C(=O)NC(C(=O)O)C(C)O. The molecule has 0 bridgehead atoms. The maximum absolute atomic E-state index is 13.0. The molecule has 0 rings (SSSR count). The van der Waals surface area contributed by atoms with E-state index >= 15 is 0 Å². The molecule has 0 aromatic heterocycles. The second-order valence-corrected chi connectivity index (χ2v) is 9.01. The number of carbonyl (C=O) groups excluding carboxylic acids is 3. The second-order valence-electron chi connectivity index (χ2n) is 9.01. The minimum Gasteiger partial charge on any atom is -0.480 e. The van der Waals surface area contributed by atoms with E-state index in [4.69, 9.17) is 11.5 Å². The Kier molecular flexibility index (Phi) is 14.5. The van der Waals surface area contributed by atoms with E-state index in [1.807, 2.05) is 27.7 Å². The Balaban J connectivity index is 5.54. The van der Waals surface area contributed by atoms with Crippen molar-refractivity contribution in [3.63, 3.8) is 0 Å². The van der Waals surface area contributed by atoms with Crippen LogP contribution in [0.5, 0.6) is 0 Å². The molecule has 0 radical (unpaired) electrons. The van der Waals surface area contributed by atoms with Gasteiger partial charge < -0.3 is 37.6 Å². The molecule has 0 fully saturated rings. The van der Waals surface area contributed by atoms with Crippen molar-refractivity contribution >= 4 is 23.7 Å². The van der Waals surface area contributed by atoms with E-state index in [-0.39, 0.29) is 18.3 Å². The van der Waals surface area contributed by atoms with Gasteiger partial charge in [-0.3, -0.25) is 14.4 Å². The molecule has 0 saturated heterocycles. The average Bonchev–Trinajstić information content (AvgIpc) is 2.73. The van der Waals surface area contributed by atoms with Gasteiger partial charge in [0.05, 0.1) is 12.1 Å². The molecule has 3 amide bonds. The van der Waals surface area contributed by atoms with Crippen LogP contribution in [0, 0.1) is 11.8 Å². The number of nitrogens with two attached hydrogens (primary N) is 2. The van der Waals surface area contributed by atoms with Crippen LogP contribution in [0.2, 0.25) is 0 Å². The normalized spacial score (nSPS) is 16.8. The van der Waals surface area contributed by atoms with Crippen LogP contribution in [-0.4, -0.2) is 70.7 Å². The molecule has 0 aliphatic rings. The van der Waals surface area contributed by atoms with Crippen LogP contribution in [0.3, 0.4) is 0 Å². The summed E-state index contributed by atoms with van der Waals surface area (Å²) in [5.41, 5.74) is 11.5. The molecule has 0 spiro atoms. The van der Waals surface area contributed by atoms with Crippen molar-refractivity contribution in [3.05, 3.63) is 0 Å². The summed E-state index contributed by atoms with van der Waals surface area (Å²) in [5.74, 6) is -3.15. The number of hydrogen-bond donors (Lipinski definition) is 7. The summed E-state index contributed by atoms with van der Waals surface area (Å²) in [5, 5.41) is 26.5. The minimum absolute atomic E-state index is 0.0667. The zero-order valence-electron chi connectivity index (χ0n) is 20.5. The second kappa shape index (κ2) is 15.6. The predicted octanol–water partition coefficient (Wildman–Crippen LogP) is -0.545. The van der Waals surface area contributed by atoms with Crippen molar-refractivity contribution in [2.24, 2.45) is 23.3 Å². The van der Waals surface area contributed by atoms with Crippen LogP contribution in [0.25, 0.3) is 0 Å². The number of aliphatic hydroxyl groups excluding tert-OH is 1. The van der Waals surface area contributed by atoms with Gasteiger partial charge in [0.2, 0.25) is 17.7 Å². The first-order chi connectivity index (χ1) is 15.3. The fourth-order valence-electron chi connectivity index (χ4n) is 3.16. The van der Waals surface area contributed by atoms with Crippen molar-refractivity contribution in [2.45, 2.75) is 97.0 Å². The van der Waals surface area contributed by atoms with Crippen LogP contribution >= 0.6 is 0 Å². The Morgan fingerprint density at radius 1 is 0.879 bits per heavy atom. The molecule has 192 valence electrons. The maximum atomic E-state index is 13.0. The topological polar surface area (TPSA) is 197 Å². The average molecular weight is 474 g/mol. The van der Waals surface area contributed by atoms with Crippen LogP contribution in [0.4, 0.5) is 0 Å². The predicted molar refractivity (Wildman–Crippen MR) is 125 cm³/mol. The molecule has 6 unspecified atom stereocenters. The van der Waals surface area contributed by atoms with Crippen molar-refractivity contribution in [1.29, 1.82) is 0 Å². The third-order valence-electron chi connectivity index (χ3n) is 5.53. The standard InChI is InChI=1S/C22H43N5O6/c1-6-13(4)17(24)21(31)26-16(11-12(2)3)20(30)25-15(9-7-8-10-23)19(29)27-18(14(5)28)22(32)33/h12-18,28H,6-11,23-24H2,1-5H3,(H,25,30)(H,26,31)(H,27,29)(H,32,33). The fraction of sp³-hybridized carbons (Fsp3) is 0.818. The number of unbranched alkanes of at least 4 members (excludes halogenated alkanes) is 1. The lowest BCUT2D eigenvalue weighted by atomic mass is 9.97. The number of aliphatic carboxylic acids is 1. The summed E-state index contributed by atoms with van der Waals surface area (Å²) in [7, 11) is 0. The molecule has 9 N–H and O–H groups in total. The van der Waals surface area contributed by atoms with Gasteiger partial charge in [-0.15, -0.1) is 0 Å². The van der Waals surface area contributed by atoms with E-state index < -0.39 is 54.0 Å². The van der Waals surface area contributed by atoms with Gasteiger partial charge in [-0.25, -0.2) is 4.79 Å². The molecule has 0 aliphatic heterocycles. The Bertz CT molecular complexity index is 643. The molecular formula is C22H43N5O6. The number of hydrogen-bond acceptors (Lipinski definition) is 7. The Morgan fingerprint density at radius 2 is 1.42 bits per heavy atom. The highest BCUT2D eigenvalue weighted by Crippen LogP contribution is 2.10. The number of aliphatic hydroxyl groups is 1. The minimum atomic E-state index is -1.52. The van der Waals surface area contributed by atoms with Gasteiger partial charge in [0.15, 0.2) is 6.04 Å². The van der Waals surface area contributed by atoms with Gasteiger partial charge in [0, 0.05) is 0 Å². The molecule has 0 aromatic rings. The molecule has 6 atom stereocenters. The number of nitrogens with one attached hydrogen (secondary N) is 3. The lowest BCUT2D eigenvalue weighted by Gasteiger charge is -2.27. The number of rotatable bonds is 16. The summed E-state index contributed by atoms with van der Waals surface area (Å²) < 4.78 is 0. The first-order valence-corrected chi connectivity index (χ1v) is 11.6. The molecule has 0 aromatic carbocycles. The zero-order chi connectivity index (χ0) is 25.7. The largest absolute Gasteiger partial charge is 0.480 e. The summed E-state index contributed by atoms with van der Waals surface area (Å²) in [6.45, 7) is 9.20. The van der Waals surface area contributed by atoms with Crippen LogP contribution in [0.15, 0.2) is 0 Å². The molecule has 0 heterocycles.